The molecule has 4 rings (SSSR count). The van der Waals surface area contributed by atoms with E-state index in [2.05, 4.69) is 23.2 Å². The minimum absolute atomic E-state index is 0.0884. The Morgan fingerprint density at radius 3 is 2.29 bits per heavy atom. The highest BCUT2D eigenvalue weighted by atomic mass is 16.2. The van der Waals surface area contributed by atoms with Gasteiger partial charge in [0, 0.05) is 32.1 Å². The second-order valence-electron chi connectivity index (χ2n) is 8.42. The number of benzene rings is 2. The second-order valence-corrected chi connectivity index (χ2v) is 8.42. The summed E-state index contributed by atoms with van der Waals surface area (Å²) in [6.07, 6.45) is 3.86. The lowest BCUT2D eigenvalue weighted by atomic mass is 10.0. The van der Waals surface area contributed by atoms with Crippen LogP contribution in [0.15, 0.2) is 48.5 Å². The van der Waals surface area contributed by atoms with Crippen LogP contribution in [0, 0.1) is 0 Å². The molecule has 2 aromatic carbocycles. The lowest BCUT2D eigenvalue weighted by Crippen LogP contribution is -2.37. The Morgan fingerprint density at radius 2 is 1.61 bits per heavy atom. The minimum atomic E-state index is -0.325. The van der Waals surface area contributed by atoms with Crippen molar-refractivity contribution in [1.82, 2.24) is 15.1 Å². The number of fused-ring (bicyclic) bond motifs is 1. The van der Waals surface area contributed by atoms with E-state index < -0.39 is 0 Å². The fourth-order valence-electron chi connectivity index (χ4n) is 4.43. The van der Waals surface area contributed by atoms with Gasteiger partial charge in [0.25, 0.3) is 11.8 Å². The number of carbonyl (C=O) groups excluding carboxylic acids is 3. The summed E-state index contributed by atoms with van der Waals surface area (Å²) in [5, 5.41) is 2.96. The largest absolute Gasteiger partial charge is 0.352 e. The van der Waals surface area contributed by atoms with Crippen molar-refractivity contribution in [2.75, 3.05) is 13.1 Å². The maximum atomic E-state index is 12.4. The highest BCUT2D eigenvalue weighted by Gasteiger charge is 2.34. The summed E-state index contributed by atoms with van der Waals surface area (Å²) >= 11 is 0. The third kappa shape index (κ3) is 4.69. The topological polar surface area (TPSA) is 69.7 Å². The molecule has 6 nitrogen and oxygen atoms in total. The number of hydrogen-bond acceptors (Lipinski definition) is 4. The summed E-state index contributed by atoms with van der Waals surface area (Å²) in [6.45, 7) is 4.82. The lowest BCUT2D eigenvalue weighted by molar-refractivity contribution is -0.121. The Kier molecular flexibility index (Phi) is 6.47. The molecule has 2 aliphatic heterocycles. The molecule has 2 heterocycles. The van der Waals surface area contributed by atoms with E-state index in [1.807, 2.05) is 18.2 Å². The van der Waals surface area contributed by atoms with Crippen molar-refractivity contribution in [3.63, 3.8) is 0 Å². The molecule has 0 spiro atoms. The zero-order valence-corrected chi connectivity index (χ0v) is 18.0. The normalized spacial score (nSPS) is 18.9. The summed E-state index contributed by atoms with van der Waals surface area (Å²) in [7, 11) is 0. The summed E-state index contributed by atoms with van der Waals surface area (Å²) < 4.78 is 0. The van der Waals surface area contributed by atoms with Crippen molar-refractivity contribution in [1.29, 1.82) is 0 Å². The van der Waals surface area contributed by atoms with Crippen molar-refractivity contribution < 1.29 is 14.4 Å². The number of hydrogen-bond donors (Lipinski definition) is 1. The number of imide groups is 1. The van der Waals surface area contributed by atoms with Crippen LogP contribution in [0.1, 0.15) is 64.4 Å². The molecule has 0 aliphatic carbocycles. The molecule has 0 saturated carbocycles. The summed E-state index contributed by atoms with van der Waals surface area (Å²) in [4.78, 5) is 41.0. The van der Waals surface area contributed by atoms with Gasteiger partial charge in [0.15, 0.2) is 0 Å². The molecule has 6 heteroatoms. The second kappa shape index (κ2) is 9.43. The van der Waals surface area contributed by atoms with E-state index in [-0.39, 0.29) is 30.7 Å². The molecule has 1 saturated heterocycles. The maximum Gasteiger partial charge on any atom is 0.261 e. The molecular weight excluding hydrogens is 390 g/mol. The zero-order chi connectivity index (χ0) is 21.8. The molecule has 1 N–H and O–H groups in total. The van der Waals surface area contributed by atoms with Crippen LogP contribution in [0.5, 0.6) is 0 Å². The molecule has 0 radical (unpaired) electrons. The van der Waals surface area contributed by atoms with Gasteiger partial charge in [0.1, 0.15) is 0 Å². The van der Waals surface area contributed by atoms with Crippen LogP contribution in [-0.4, -0.2) is 46.7 Å². The van der Waals surface area contributed by atoms with E-state index in [0.29, 0.717) is 23.7 Å². The Labute approximate surface area is 183 Å². The fourth-order valence-corrected chi connectivity index (χ4v) is 4.43. The Balaban J connectivity index is 1.31. The van der Waals surface area contributed by atoms with Gasteiger partial charge in [0.2, 0.25) is 5.91 Å². The van der Waals surface area contributed by atoms with E-state index >= 15 is 0 Å². The number of piperidine rings is 1. The first kappa shape index (κ1) is 21.2. The van der Waals surface area contributed by atoms with E-state index in [4.69, 9.17) is 0 Å². The summed E-state index contributed by atoms with van der Waals surface area (Å²) in [5.74, 6) is -0.818. The molecule has 31 heavy (non-hydrogen) atoms. The van der Waals surface area contributed by atoms with Crippen LogP contribution >= 0.6 is 0 Å². The van der Waals surface area contributed by atoms with Gasteiger partial charge < -0.3 is 5.32 Å². The molecule has 1 atom stereocenters. The molecule has 0 aromatic heterocycles. The predicted octanol–water partition coefficient (Wildman–Crippen LogP) is 3.36. The molecule has 2 aliphatic rings. The van der Waals surface area contributed by atoms with Gasteiger partial charge in [-0.2, -0.15) is 0 Å². The highest BCUT2D eigenvalue weighted by molar-refractivity contribution is 6.21. The van der Waals surface area contributed by atoms with Gasteiger partial charge in [-0.1, -0.05) is 42.8 Å². The molecular formula is C25H29N3O3. The number of carbonyl (C=O) groups is 3. The van der Waals surface area contributed by atoms with Crippen LogP contribution in [0.25, 0.3) is 0 Å². The van der Waals surface area contributed by atoms with Crippen molar-refractivity contribution in [2.45, 2.75) is 51.7 Å². The molecule has 162 valence electrons. The lowest BCUT2D eigenvalue weighted by Gasteiger charge is -2.33. The monoisotopic (exact) mass is 419 g/mol. The van der Waals surface area contributed by atoms with E-state index in [9.17, 15) is 14.4 Å². The Morgan fingerprint density at radius 1 is 0.968 bits per heavy atom. The van der Waals surface area contributed by atoms with Gasteiger partial charge in [-0.15, -0.1) is 0 Å². The van der Waals surface area contributed by atoms with Gasteiger partial charge in [-0.05, 0) is 49.6 Å². The minimum Gasteiger partial charge on any atom is -0.352 e. The van der Waals surface area contributed by atoms with Gasteiger partial charge in [-0.3, -0.25) is 24.2 Å². The van der Waals surface area contributed by atoms with Crippen LogP contribution in [-0.2, 0) is 17.9 Å². The van der Waals surface area contributed by atoms with Crippen molar-refractivity contribution in [3.8, 4) is 0 Å². The van der Waals surface area contributed by atoms with Crippen molar-refractivity contribution in [2.24, 2.45) is 0 Å². The van der Waals surface area contributed by atoms with E-state index in [1.165, 1.54) is 24.8 Å². The van der Waals surface area contributed by atoms with Gasteiger partial charge in [0.05, 0.1) is 11.1 Å². The standard InChI is InChI=1S/C25H29N3O3/c1-18-8-6-7-14-27(18)17-20-10-3-2-9-19(20)16-26-23(29)13-15-28-24(30)21-11-4-5-12-22(21)25(28)31/h2-5,9-12,18H,6-8,13-17H2,1H3,(H,26,29). The first-order chi connectivity index (χ1) is 15.0. The zero-order valence-electron chi connectivity index (χ0n) is 18.0. The maximum absolute atomic E-state index is 12.4. The third-order valence-corrected chi connectivity index (χ3v) is 6.35. The van der Waals surface area contributed by atoms with Crippen LogP contribution in [0.3, 0.4) is 0 Å². The number of rotatable bonds is 7. The number of nitrogens with one attached hydrogen (secondary N) is 1. The smallest absolute Gasteiger partial charge is 0.261 e. The molecule has 1 fully saturated rings. The van der Waals surface area contributed by atoms with Crippen LogP contribution in [0.2, 0.25) is 0 Å². The average molecular weight is 420 g/mol. The molecule has 3 amide bonds. The van der Waals surface area contributed by atoms with Crippen molar-refractivity contribution in [3.05, 3.63) is 70.8 Å². The van der Waals surface area contributed by atoms with E-state index in [0.717, 1.165) is 23.6 Å². The van der Waals surface area contributed by atoms with Crippen LogP contribution < -0.4 is 5.32 Å². The molecule has 2 aromatic rings. The Hall–Kier alpha value is -2.99. The molecule has 0 bridgehead atoms. The molecule has 1 unspecified atom stereocenters. The van der Waals surface area contributed by atoms with E-state index in [1.54, 1.807) is 24.3 Å². The first-order valence-electron chi connectivity index (χ1n) is 11.1. The number of likely N-dealkylation sites (tertiary alicyclic amines) is 1. The fraction of sp³-hybridized carbons (Fsp3) is 0.400. The third-order valence-electron chi connectivity index (χ3n) is 6.35. The predicted molar refractivity (Wildman–Crippen MR) is 118 cm³/mol. The number of nitrogens with zero attached hydrogens (tertiary/aromatic N) is 2. The average Bonchev–Trinajstić information content (AvgIpc) is 3.03. The Bertz CT molecular complexity index is 952. The summed E-state index contributed by atoms with van der Waals surface area (Å²) in [6, 6.07) is 15.6. The number of amides is 3. The summed E-state index contributed by atoms with van der Waals surface area (Å²) in [5.41, 5.74) is 3.16. The quantitative estimate of drug-likeness (QED) is 0.699. The highest BCUT2D eigenvalue weighted by Crippen LogP contribution is 2.23. The van der Waals surface area contributed by atoms with Crippen LogP contribution in [0.4, 0.5) is 0 Å². The SMILES string of the molecule is CC1CCCCN1Cc1ccccc1CNC(=O)CCN1C(=O)c2ccccc2C1=O. The first-order valence-corrected chi connectivity index (χ1v) is 11.1. The van der Waals surface area contributed by atoms with Gasteiger partial charge >= 0.3 is 0 Å². The van der Waals surface area contributed by atoms with Gasteiger partial charge in [-0.25, -0.2) is 0 Å². The van der Waals surface area contributed by atoms with Crippen molar-refractivity contribution >= 4 is 17.7 Å².